The third-order valence-corrected chi connectivity index (χ3v) is 0.775. The van der Waals surface area contributed by atoms with Gasteiger partial charge in [-0.05, 0) is 27.6 Å². The van der Waals surface area contributed by atoms with Crippen LogP contribution in [-0.4, -0.2) is 32.0 Å². The van der Waals surface area contributed by atoms with E-state index in [-0.39, 0.29) is 17.0 Å². The minimum atomic E-state index is -0.400. The quantitative estimate of drug-likeness (QED) is 0.736. The van der Waals surface area contributed by atoms with Crippen molar-refractivity contribution in [2.24, 2.45) is 5.73 Å². The van der Waals surface area contributed by atoms with E-state index in [0.717, 1.165) is 0 Å². The van der Waals surface area contributed by atoms with Gasteiger partial charge < -0.3 is 10.6 Å². The van der Waals surface area contributed by atoms with E-state index in [1.54, 1.807) is 0 Å². The Morgan fingerprint density at radius 2 is 1.67 bits per heavy atom. The van der Waals surface area contributed by atoms with Crippen LogP contribution in [0.5, 0.6) is 0 Å². The van der Waals surface area contributed by atoms with Crippen LogP contribution < -0.4 is 5.73 Å². The van der Waals surface area contributed by atoms with Gasteiger partial charge in [-0.2, -0.15) is 0 Å². The molecule has 0 heterocycles. The number of nitrogens with zero attached hydrogens (tertiary/aromatic N) is 1. The highest BCUT2D eigenvalue weighted by Crippen LogP contribution is 1.91. The summed E-state index contributed by atoms with van der Waals surface area (Å²) in [5, 5.41) is 0. The van der Waals surface area contributed by atoms with Gasteiger partial charge in [0.25, 0.3) is 0 Å². The molecule has 0 saturated heterocycles. The molecule has 0 aromatic carbocycles. The maximum absolute atomic E-state index is 10.1. The Labute approximate surface area is 85.4 Å². The zero-order chi connectivity index (χ0) is 9.44. The number of nitrogens with two attached hydrogens (primary N) is 1. The van der Waals surface area contributed by atoms with Crippen molar-refractivity contribution in [2.45, 2.75) is 13.3 Å². The van der Waals surface area contributed by atoms with Gasteiger partial charge in [-0.3, -0.25) is 4.79 Å². The molecule has 12 heavy (non-hydrogen) atoms. The molecule has 0 spiro atoms. The molecule has 3 nitrogen and oxygen atoms in total. The van der Waals surface area contributed by atoms with Crippen molar-refractivity contribution in [1.29, 1.82) is 0 Å². The topological polar surface area (TPSA) is 46.3 Å². The van der Waals surface area contributed by atoms with Crippen molar-refractivity contribution in [3.05, 3.63) is 12.2 Å². The highest BCUT2D eigenvalue weighted by molar-refractivity contribution is 8.93. The molecule has 4 heteroatoms. The minimum Gasteiger partial charge on any atom is -0.366 e. The molecule has 0 unspecified atom stereocenters. The van der Waals surface area contributed by atoms with Crippen LogP contribution >= 0.6 is 17.0 Å². The number of hydrogen-bond donors (Lipinski definition) is 1. The maximum atomic E-state index is 10.1. The van der Waals surface area contributed by atoms with E-state index in [1.165, 1.54) is 0 Å². The van der Waals surface area contributed by atoms with Crippen LogP contribution in [0.4, 0.5) is 0 Å². The molecule has 0 aliphatic rings. The summed E-state index contributed by atoms with van der Waals surface area (Å²) < 4.78 is 0. The second-order valence-electron chi connectivity index (χ2n) is 2.66. The fraction of sp³-hybridized carbons (Fsp3) is 0.625. The zero-order valence-electron chi connectivity index (χ0n) is 8.26. The van der Waals surface area contributed by atoms with Crippen LogP contribution in [0, 0.1) is 0 Å². The third-order valence-electron chi connectivity index (χ3n) is 0.775. The summed E-state index contributed by atoms with van der Waals surface area (Å²) in [7, 11) is 6.00. The molecule has 0 rings (SSSR count). The highest BCUT2D eigenvalue weighted by Gasteiger charge is 1.93. The molecule has 0 fully saturated rings. The van der Waals surface area contributed by atoms with Gasteiger partial charge >= 0.3 is 0 Å². The van der Waals surface area contributed by atoms with E-state index in [1.807, 2.05) is 33.0 Å². The van der Waals surface area contributed by atoms with Crippen LogP contribution in [0.2, 0.25) is 0 Å². The predicted octanol–water partition coefficient (Wildman–Crippen LogP) is 1.19. The van der Waals surface area contributed by atoms with Crippen LogP contribution in [0.3, 0.4) is 0 Å². The van der Waals surface area contributed by atoms with E-state index < -0.39 is 5.91 Å². The average molecular weight is 239 g/mol. The lowest BCUT2D eigenvalue weighted by atomic mass is 10.2. The average Bonchev–Trinajstić information content (AvgIpc) is 1.85. The number of amides is 1. The molecule has 0 aromatic rings. The molecule has 0 bridgehead atoms. The van der Waals surface area contributed by atoms with Crippen molar-refractivity contribution in [3.8, 4) is 0 Å². The molecule has 0 atom stereocenters. The second-order valence-corrected chi connectivity index (χ2v) is 2.66. The number of hydrogen-bond acceptors (Lipinski definition) is 2. The standard InChI is InChI=1S/C5H9NO.C3H9N.BrH/c1-3-4(2)5(6)7;1-4(2)3;/h2-3H2,1H3,(H2,6,7);1-3H3;1H. The Morgan fingerprint density at radius 1 is 1.42 bits per heavy atom. The Hall–Kier alpha value is -0.350. The summed E-state index contributed by atoms with van der Waals surface area (Å²) in [6, 6.07) is 0. The molecule has 0 aliphatic heterocycles. The van der Waals surface area contributed by atoms with Crippen molar-refractivity contribution < 1.29 is 4.79 Å². The van der Waals surface area contributed by atoms with Crippen LogP contribution in [0.1, 0.15) is 13.3 Å². The van der Waals surface area contributed by atoms with Gasteiger partial charge in [-0.15, -0.1) is 17.0 Å². The highest BCUT2D eigenvalue weighted by atomic mass is 79.9. The van der Waals surface area contributed by atoms with E-state index in [4.69, 9.17) is 5.73 Å². The molecule has 0 saturated carbocycles. The first-order chi connectivity index (χ1) is 4.91. The summed E-state index contributed by atoms with van der Waals surface area (Å²) in [5.74, 6) is -0.400. The van der Waals surface area contributed by atoms with E-state index >= 15 is 0 Å². The van der Waals surface area contributed by atoms with Crippen molar-refractivity contribution in [3.63, 3.8) is 0 Å². The van der Waals surface area contributed by atoms with E-state index in [2.05, 4.69) is 6.58 Å². The Balaban J connectivity index is -0.000000142. The molecular weight excluding hydrogens is 220 g/mol. The smallest absolute Gasteiger partial charge is 0.244 e. The summed E-state index contributed by atoms with van der Waals surface area (Å²) >= 11 is 0. The number of carbonyl (C=O) groups excluding carboxylic acids is 1. The van der Waals surface area contributed by atoms with Crippen molar-refractivity contribution >= 4 is 22.9 Å². The van der Waals surface area contributed by atoms with E-state index in [9.17, 15) is 4.79 Å². The summed E-state index contributed by atoms with van der Waals surface area (Å²) in [5.41, 5.74) is 5.29. The zero-order valence-corrected chi connectivity index (χ0v) is 9.97. The van der Waals surface area contributed by atoms with Gasteiger partial charge in [-0.1, -0.05) is 13.5 Å². The van der Waals surface area contributed by atoms with Crippen LogP contribution in [0.15, 0.2) is 12.2 Å². The van der Waals surface area contributed by atoms with Crippen molar-refractivity contribution in [1.82, 2.24) is 4.90 Å². The van der Waals surface area contributed by atoms with Crippen LogP contribution in [-0.2, 0) is 4.79 Å². The minimum absolute atomic E-state index is 0. The lowest BCUT2D eigenvalue weighted by Gasteiger charge is -1.90. The normalized spacial score (nSPS) is 7.75. The number of primary amides is 1. The predicted molar refractivity (Wildman–Crippen MR) is 58.6 cm³/mol. The Morgan fingerprint density at radius 3 is 1.67 bits per heavy atom. The lowest BCUT2D eigenvalue weighted by molar-refractivity contribution is -0.114. The first kappa shape index (κ1) is 17.7. The Bertz CT molecular complexity index is 132. The fourth-order valence-corrected chi connectivity index (χ4v) is 0.174. The molecule has 2 N–H and O–H groups in total. The molecule has 74 valence electrons. The summed E-state index contributed by atoms with van der Waals surface area (Å²) in [6.45, 7) is 5.24. The molecular formula is C8H19BrN2O. The molecule has 0 radical (unpaired) electrons. The summed E-state index contributed by atoms with van der Waals surface area (Å²) in [6.07, 6.45) is 0.648. The number of rotatable bonds is 2. The molecule has 0 aliphatic carbocycles. The molecule has 1 amide bonds. The SMILES string of the molecule is Br.C=C(CC)C(N)=O.CN(C)C. The second kappa shape index (κ2) is 10.7. The van der Waals surface area contributed by atoms with E-state index in [0.29, 0.717) is 12.0 Å². The largest absolute Gasteiger partial charge is 0.366 e. The lowest BCUT2D eigenvalue weighted by Crippen LogP contribution is -2.11. The van der Waals surface area contributed by atoms with Gasteiger partial charge in [0.1, 0.15) is 0 Å². The van der Waals surface area contributed by atoms with Crippen molar-refractivity contribution in [2.75, 3.05) is 21.1 Å². The first-order valence-corrected chi connectivity index (χ1v) is 3.50. The fourth-order valence-electron chi connectivity index (χ4n) is 0.174. The monoisotopic (exact) mass is 238 g/mol. The maximum Gasteiger partial charge on any atom is 0.244 e. The van der Waals surface area contributed by atoms with Gasteiger partial charge in [0, 0.05) is 5.57 Å². The Kier molecular flexibility index (Phi) is 15.7. The van der Waals surface area contributed by atoms with Gasteiger partial charge in [0.2, 0.25) is 5.91 Å². The number of carbonyl (C=O) groups is 1. The van der Waals surface area contributed by atoms with Gasteiger partial charge in [-0.25, -0.2) is 0 Å². The molecule has 0 aromatic heterocycles. The third kappa shape index (κ3) is 22.6. The van der Waals surface area contributed by atoms with Gasteiger partial charge in [0.05, 0.1) is 0 Å². The first-order valence-electron chi connectivity index (χ1n) is 3.50. The van der Waals surface area contributed by atoms with Gasteiger partial charge in [0.15, 0.2) is 0 Å². The van der Waals surface area contributed by atoms with Crippen LogP contribution in [0.25, 0.3) is 0 Å². The number of halogens is 1. The summed E-state index contributed by atoms with van der Waals surface area (Å²) in [4.78, 5) is 12.1.